The van der Waals surface area contributed by atoms with Gasteiger partial charge in [-0.3, -0.25) is 0 Å². The molecule has 0 spiro atoms. The maximum absolute atomic E-state index is 5.72. The third-order valence-corrected chi connectivity index (χ3v) is 3.86. The van der Waals surface area contributed by atoms with E-state index in [1.165, 1.54) is 17.5 Å². The molecule has 0 amide bonds. The molecule has 0 bridgehead atoms. The molecule has 1 nitrogen and oxygen atoms in total. The summed E-state index contributed by atoms with van der Waals surface area (Å²) in [5, 5.41) is 0. The van der Waals surface area contributed by atoms with Crippen molar-refractivity contribution < 1.29 is 4.74 Å². The fourth-order valence-corrected chi connectivity index (χ4v) is 2.69. The van der Waals surface area contributed by atoms with Crippen LogP contribution < -0.4 is 0 Å². The lowest BCUT2D eigenvalue weighted by atomic mass is 9.93. The Morgan fingerprint density at radius 3 is 2.86 bits per heavy atom. The van der Waals surface area contributed by atoms with Gasteiger partial charge in [-0.1, -0.05) is 46.9 Å². The highest BCUT2D eigenvalue weighted by Crippen LogP contribution is 2.31. The van der Waals surface area contributed by atoms with E-state index in [4.69, 9.17) is 4.74 Å². The molecule has 0 aromatic heterocycles. The molecule has 14 heavy (non-hydrogen) atoms. The van der Waals surface area contributed by atoms with Crippen LogP contribution in [-0.2, 0) is 4.74 Å². The summed E-state index contributed by atoms with van der Waals surface area (Å²) in [6, 6.07) is 8.65. The molecule has 0 unspecified atom stereocenters. The van der Waals surface area contributed by atoms with Crippen molar-refractivity contribution in [2.24, 2.45) is 0 Å². The lowest BCUT2D eigenvalue weighted by Crippen LogP contribution is -2.05. The van der Waals surface area contributed by atoms with Crippen molar-refractivity contribution in [1.29, 1.82) is 0 Å². The second-order valence-electron chi connectivity index (χ2n) is 3.90. The Morgan fingerprint density at radius 2 is 2.21 bits per heavy atom. The first-order valence-corrected chi connectivity index (χ1v) is 6.57. The van der Waals surface area contributed by atoms with Gasteiger partial charge in [0.15, 0.2) is 0 Å². The summed E-state index contributed by atoms with van der Waals surface area (Å²) in [6.45, 7) is 3.09. The zero-order valence-corrected chi connectivity index (χ0v) is 10.5. The van der Waals surface area contributed by atoms with E-state index in [0.717, 1.165) is 11.0 Å². The molecule has 1 aliphatic heterocycles. The highest BCUT2D eigenvalue weighted by molar-refractivity contribution is 14.1. The van der Waals surface area contributed by atoms with Gasteiger partial charge in [-0.25, -0.2) is 0 Å². The first kappa shape index (κ1) is 10.4. The monoisotopic (exact) mass is 302 g/mol. The Hall–Kier alpha value is -0.0900. The summed E-state index contributed by atoms with van der Waals surface area (Å²) in [6.07, 6.45) is 1.66. The molecule has 2 rings (SSSR count). The topological polar surface area (TPSA) is 9.23 Å². The Bertz CT molecular complexity index is 311. The Balaban J connectivity index is 2.13. The van der Waals surface area contributed by atoms with Crippen LogP contribution in [0.3, 0.4) is 0 Å². The number of ether oxygens (including phenoxy) is 1. The van der Waals surface area contributed by atoms with E-state index >= 15 is 0 Å². The Morgan fingerprint density at radius 1 is 1.43 bits per heavy atom. The smallest absolute Gasteiger partial charge is 0.0671 e. The number of halogens is 1. The zero-order chi connectivity index (χ0) is 9.97. The van der Waals surface area contributed by atoms with Crippen molar-refractivity contribution in [3.63, 3.8) is 0 Å². The molecule has 1 aliphatic rings. The lowest BCUT2D eigenvalue weighted by Gasteiger charge is -2.11. The van der Waals surface area contributed by atoms with Crippen molar-refractivity contribution >= 4 is 22.6 Å². The van der Waals surface area contributed by atoms with E-state index < -0.39 is 0 Å². The zero-order valence-electron chi connectivity index (χ0n) is 8.37. The van der Waals surface area contributed by atoms with Gasteiger partial charge in [-0.05, 0) is 24.5 Å². The van der Waals surface area contributed by atoms with Gasteiger partial charge in [0.2, 0.25) is 0 Å². The predicted molar refractivity (Wildman–Crippen MR) is 67.2 cm³/mol. The van der Waals surface area contributed by atoms with Crippen molar-refractivity contribution in [3.05, 3.63) is 35.4 Å². The molecule has 1 heterocycles. The molecule has 0 radical (unpaired) electrons. The standard InChI is InChI=1S/C12H15IO/c1-9-4-2-3-5-12(9)10-6-11(7-13)14-8-10/h2-5,10-11H,6-8H2,1H3/t10-,11-/m0/s1. The normalized spacial score (nSPS) is 26.7. The first-order chi connectivity index (χ1) is 6.81. The minimum atomic E-state index is 0.472. The van der Waals surface area contributed by atoms with Gasteiger partial charge < -0.3 is 4.74 Å². The summed E-state index contributed by atoms with van der Waals surface area (Å²) < 4.78 is 6.83. The van der Waals surface area contributed by atoms with Crippen molar-refractivity contribution in [1.82, 2.24) is 0 Å². The second kappa shape index (κ2) is 4.62. The van der Waals surface area contributed by atoms with E-state index in [1.807, 2.05) is 0 Å². The molecule has 2 heteroatoms. The number of benzene rings is 1. The molecule has 0 aliphatic carbocycles. The molecular formula is C12H15IO. The molecular weight excluding hydrogens is 287 g/mol. The summed E-state index contributed by atoms with van der Waals surface area (Å²) in [7, 11) is 0. The number of aryl methyl sites for hydroxylation is 1. The first-order valence-electron chi connectivity index (χ1n) is 5.04. The average Bonchev–Trinajstić information content (AvgIpc) is 2.67. The SMILES string of the molecule is Cc1ccccc1[C@@H]1CO[C@H](CI)C1. The van der Waals surface area contributed by atoms with Gasteiger partial charge in [-0.2, -0.15) is 0 Å². The van der Waals surface area contributed by atoms with E-state index in [2.05, 4.69) is 53.8 Å². The number of hydrogen-bond donors (Lipinski definition) is 0. The maximum atomic E-state index is 5.72. The van der Waals surface area contributed by atoms with E-state index in [9.17, 15) is 0 Å². The molecule has 2 atom stereocenters. The van der Waals surface area contributed by atoms with Gasteiger partial charge in [0.25, 0.3) is 0 Å². The predicted octanol–water partition coefficient (Wildman–Crippen LogP) is 3.30. The van der Waals surface area contributed by atoms with Crippen LogP contribution in [-0.4, -0.2) is 17.1 Å². The number of alkyl halides is 1. The fourth-order valence-electron chi connectivity index (χ4n) is 2.07. The summed E-state index contributed by atoms with van der Waals surface area (Å²) in [5.41, 5.74) is 2.87. The third kappa shape index (κ3) is 2.11. The minimum absolute atomic E-state index is 0.472. The number of hydrogen-bond acceptors (Lipinski definition) is 1. The van der Waals surface area contributed by atoms with Crippen LogP contribution in [0.5, 0.6) is 0 Å². The average molecular weight is 302 g/mol. The van der Waals surface area contributed by atoms with Crippen LogP contribution in [0.25, 0.3) is 0 Å². The third-order valence-electron chi connectivity index (χ3n) is 2.88. The quantitative estimate of drug-likeness (QED) is 0.601. The van der Waals surface area contributed by atoms with E-state index in [-0.39, 0.29) is 0 Å². The van der Waals surface area contributed by atoms with Gasteiger partial charge in [-0.15, -0.1) is 0 Å². The Labute approximate surface area is 99.0 Å². The minimum Gasteiger partial charge on any atom is -0.377 e. The second-order valence-corrected chi connectivity index (χ2v) is 4.78. The maximum Gasteiger partial charge on any atom is 0.0671 e. The molecule has 1 fully saturated rings. The summed E-state index contributed by atoms with van der Waals surface area (Å²) >= 11 is 2.40. The van der Waals surface area contributed by atoms with Crippen LogP contribution in [0, 0.1) is 6.92 Å². The van der Waals surface area contributed by atoms with E-state index in [1.54, 1.807) is 0 Å². The van der Waals surface area contributed by atoms with Crippen molar-refractivity contribution in [2.75, 3.05) is 11.0 Å². The fraction of sp³-hybridized carbons (Fsp3) is 0.500. The molecule has 1 saturated heterocycles. The van der Waals surface area contributed by atoms with Gasteiger partial charge in [0.1, 0.15) is 0 Å². The molecule has 1 aromatic rings. The van der Waals surface area contributed by atoms with Crippen molar-refractivity contribution in [2.45, 2.75) is 25.4 Å². The van der Waals surface area contributed by atoms with Gasteiger partial charge in [0.05, 0.1) is 12.7 Å². The van der Waals surface area contributed by atoms with Crippen LogP contribution in [0.1, 0.15) is 23.5 Å². The number of rotatable bonds is 2. The highest BCUT2D eigenvalue weighted by Gasteiger charge is 2.26. The molecule has 1 aromatic carbocycles. The molecule has 0 N–H and O–H groups in total. The molecule has 76 valence electrons. The van der Waals surface area contributed by atoms with Crippen LogP contribution in [0.15, 0.2) is 24.3 Å². The Kier molecular flexibility index (Phi) is 3.44. The van der Waals surface area contributed by atoms with Gasteiger partial charge in [0, 0.05) is 10.3 Å². The van der Waals surface area contributed by atoms with Crippen molar-refractivity contribution in [3.8, 4) is 0 Å². The largest absolute Gasteiger partial charge is 0.377 e. The van der Waals surface area contributed by atoms with Crippen LogP contribution >= 0.6 is 22.6 Å². The lowest BCUT2D eigenvalue weighted by molar-refractivity contribution is 0.129. The highest BCUT2D eigenvalue weighted by atomic mass is 127. The summed E-state index contributed by atoms with van der Waals surface area (Å²) in [4.78, 5) is 0. The van der Waals surface area contributed by atoms with E-state index in [0.29, 0.717) is 12.0 Å². The summed E-state index contributed by atoms with van der Waals surface area (Å²) in [5.74, 6) is 0.621. The van der Waals surface area contributed by atoms with Crippen LogP contribution in [0.4, 0.5) is 0 Å². The van der Waals surface area contributed by atoms with Gasteiger partial charge >= 0.3 is 0 Å². The molecule has 0 saturated carbocycles. The van der Waals surface area contributed by atoms with Crippen LogP contribution in [0.2, 0.25) is 0 Å².